The van der Waals surface area contributed by atoms with Gasteiger partial charge in [-0.15, -0.1) is 0 Å². The highest BCUT2D eigenvalue weighted by atomic mass is 16.3. The summed E-state index contributed by atoms with van der Waals surface area (Å²) in [6.07, 6.45) is 1.77. The first-order chi connectivity index (χ1) is 7.75. The molecule has 1 heterocycles. The van der Waals surface area contributed by atoms with Gasteiger partial charge in [0.15, 0.2) is 0 Å². The highest BCUT2D eigenvalue weighted by Gasteiger charge is 1.98. The van der Waals surface area contributed by atoms with Gasteiger partial charge in [-0.05, 0) is 36.2 Å². The third kappa shape index (κ3) is 2.51. The molecule has 2 N–H and O–H groups in total. The van der Waals surface area contributed by atoms with Crippen molar-refractivity contribution in [2.24, 2.45) is 0 Å². The maximum absolute atomic E-state index is 9.15. The van der Waals surface area contributed by atoms with Crippen molar-refractivity contribution < 1.29 is 5.11 Å². The van der Waals surface area contributed by atoms with Crippen molar-refractivity contribution in [2.75, 3.05) is 5.32 Å². The molecule has 0 aliphatic heterocycles. The van der Waals surface area contributed by atoms with Gasteiger partial charge in [-0.2, -0.15) is 0 Å². The number of nitrogens with one attached hydrogen (secondary N) is 1. The van der Waals surface area contributed by atoms with Crippen molar-refractivity contribution in [3.05, 3.63) is 53.7 Å². The molecule has 0 fully saturated rings. The van der Waals surface area contributed by atoms with Crippen LogP contribution in [0.1, 0.15) is 11.1 Å². The molecule has 0 amide bonds. The molecule has 2 aromatic rings. The zero-order valence-electron chi connectivity index (χ0n) is 9.14. The van der Waals surface area contributed by atoms with Gasteiger partial charge in [0.2, 0.25) is 0 Å². The summed E-state index contributed by atoms with van der Waals surface area (Å²) in [7, 11) is 0. The zero-order valence-corrected chi connectivity index (χ0v) is 9.14. The topological polar surface area (TPSA) is 45.2 Å². The van der Waals surface area contributed by atoms with E-state index in [2.05, 4.69) is 10.3 Å². The molecular formula is C13H14N2O. The van der Waals surface area contributed by atoms with E-state index in [9.17, 15) is 0 Å². The molecule has 0 bridgehead atoms. The molecule has 0 aliphatic rings. The first-order valence-corrected chi connectivity index (χ1v) is 5.19. The number of pyridine rings is 1. The lowest BCUT2D eigenvalue weighted by Crippen LogP contribution is -2.02. The number of benzene rings is 1. The second kappa shape index (κ2) is 4.66. The predicted octanol–water partition coefficient (Wildman–Crippen LogP) is 2.71. The van der Waals surface area contributed by atoms with Crippen LogP contribution >= 0.6 is 0 Å². The van der Waals surface area contributed by atoms with Gasteiger partial charge in [0.1, 0.15) is 11.6 Å². The average molecular weight is 214 g/mol. The maximum Gasteiger partial charge on any atom is 0.129 e. The van der Waals surface area contributed by atoms with Crippen LogP contribution in [0.2, 0.25) is 0 Å². The molecule has 2 rings (SSSR count). The van der Waals surface area contributed by atoms with E-state index < -0.39 is 0 Å². The second-order valence-corrected chi connectivity index (χ2v) is 3.69. The highest BCUT2D eigenvalue weighted by Crippen LogP contribution is 2.13. The van der Waals surface area contributed by atoms with Crippen LogP contribution in [0.15, 0.2) is 42.6 Å². The van der Waals surface area contributed by atoms with E-state index in [0.717, 1.165) is 16.9 Å². The lowest BCUT2D eigenvalue weighted by Gasteiger charge is -2.07. The molecule has 0 radical (unpaired) electrons. The predicted molar refractivity (Wildman–Crippen MR) is 64.4 cm³/mol. The molecule has 0 spiro atoms. The summed E-state index contributed by atoms with van der Waals surface area (Å²) in [4.78, 5) is 4.25. The van der Waals surface area contributed by atoms with Gasteiger partial charge in [0.05, 0.1) is 0 Å². The summed E-state index contributed by atoms with van der Waals surface area (Å²) >= 11 is 0. The van der Waals surface area contributed by atoms with Gasteiger partial charge < -0.3 is 10.4 Å². The Morgan fingerprint density at radius 2 is 1.94 bits per heavy atom. The van der Waals surface area contributed by atoms with Crippen LogP contribution in [0.25, 0.3) is 0 Å². The Hall–Kier alpha value is -2.03. The van der Waals surface area contributed by atoms with Gasteiger partial charge in [-0.3, -0.25) is 0 Å². The molecular weight excluding hydrogens is 200 g/mol. The van der Waals surface area contributed by atoms with Crippen LogP contribution in [0.3, 0.4) is 0 Å². The van der Waals surface area contributed by atoms with Crippen LogP contribution in [0.5, 0.6) is 5.75 Å². The van der Waals surface area contributed by atoms with E-state index in [1.54, 1.807) is 18.3 Å². The van der Waals surface area contributed by atoms with Crippen molar-refractivity contribution in [1.82, 2.24) is 4.98 Å². The number of hydrogen-bond donors (Lipinski definition) is 2. The van der Waals surface area contributed by atoms with Crippen molar-refractivity contribution in [3.8, 4) is 5.75 Å². The quantitative estimate of drug-likeness (QED) is 0.825. The summed E-state index contributed by atoms with van der Waals surface area (Å²) in [6.45, 7) is 2.73. The number of aryl methyl sites for hydroxylation is 1. The molecule has 16 heavy (non-hydrogen) atoms. The van der Waals surface area contributed by atoms with Gasteiger partial charge in [0.25, 0.3) is 0 Å². The Bertz CT molecular complexity index is 466. The standard InChI is InChI=1S/C13H14N2O/c1-10-3-2-8-14-13(10)15-9-11-4-6-12(16)7-5-11/h2-8,16H,9H2,1H3,(H,14,15). The van der Waals surface area contributed by atoms with E-state index in [1.165, 1.54) is 0 Å². The highest BCUT2D eigenvalue weighted by molar-refractivity contribution is 5.43. The van der Waals surface area contributed by atoms with Crippen molar-refractivity contribution in [3.63, 3.8) is 0 Å². The molecule has 0 saturated carbocycles. The Kier molecular flexibility index (Phi) is 3.05. The van der Waals surface area contributed by atoms with Gasteiger partial charge in [-0.1, -0.05) is 18.2 Å². The molecule has 0 aliphatic carbocycles. The Balaban J connectivity index is 2.02. The molecule has 82 valence electrons. The minimum absolute atomic E-state index is 0.290. The monoisotopic (exact) mass is 214 g/mol. The molecule has 0 unspecified atom stereocenters. The Morgan fingerprint density at radius 1 is 1.19 bits per heavy atom. The summed E-state index contributed by atoms with van der Waals surface area (Å²) in [5.74, 6) is 1.19. The average Bonchev–Trinajstić information content (AvgIpc) is 2.30. The number of aromatic nitrogens is 1. The fourth-order valence-corrected chi connectivity index (χ4v) is 1.47. The van der Waals surface area contributed by atoms with Crippen LogP contribution in [-0.4, -0.2) is 10.1 Å². The number of hydrogen-bond acceptors (Lipinski definition) is 3. The number of phenolic OH excluding ortho intramolecular Hbond substituents is 1. The summed E-state index contributed by atoms with van der Waals surface area (Å²) in [5, 5.41) is 12.4. The van der Waals surface area contributed by atoms with Crippen LogP contribution in [0.4, 0.5) is 5.82 Å². The second-order valence-electron chi connectivity index (χ2n) is 3.69. The van der Waals surface area contributed by atoms with Gasteiger partial charge in [0, 0.05) is 12.7 Å². The first kappa shape index (κ1) is 10.5. The zero-order chi connectivity index (χ0) is 11.4. The normalized spacial score (nSPS) is 10.1. The number of nitrogens with zero attached hydrogens (tertiary/aromatic N) is 1. The summed E-state index contributed by atoms with van der Waals surface area (Å²) < 4.78 is 0. The minimum Gasteiger partial charge on any atom is -0.508 e. The van der Waals surface area contributed by atoms with E-state index >= 15 is 0 Å². The largest absolute Gasteiger partial charge is 0.508 e. The number of phenols is 1. The maximum atomic E-state index is 9.15. The number of anilines is 1. The third-order valence-corrected chi connectivity index (χ3v) is 2.41. The van der Waals surface area contributed by atoms with E-state index in [0.29, 0.717) is 6.54 Å². The third-order valence-electron chi connectivity index (χ3n) is 2.41. The van der Waals surface area contributed by atoms with Crippen LogP contribution in [-0.2, 0) is 6.54 Å². The fraction of sp³-hybridized carbons (Fsp3) is 0.154. The van der Waals surface area contributed by atoms with Crippen molar-refractivity contribution in [1.29, 1.82) is 0 Å². The Labute approximate surface area is 94.8 Å². The van der Waals surface area contributed by atoms with Crippen LogP contribution in [0, 0.1) is 6.92 Å². The molecule has 1 aromatic carbocycles. The van der Waals surface area contributed by atoms with E-state index in [-0.39, 0.29) is 5.75 Å². The number of rotatable bonds is 3. The van der Waals surface area contributed by atoms with Crippen molar-refractivity contribution >= 4 is 5.82 Å². The van der Waals surface area contributed by atoms with Crippen LogP contribution < -0.4 is 5.32 Å². The van der Waals surface area contributed by atoms with Gasteiger partial charge in [-0.25, -0.2) is 4.98 Å². The van der Waals surface area contributed by atoms with Gasteiger partial charge >= 0.3 is 0 Å². The smallest absolute Gasteiger partial charge is 0.129 e. The minimum atomic E-state index is 0.290. The molecule has 0 atom stereocenters. The summed E-state index contributed by atoms with van der Waals surface area (Å²) in [5.41, 5.74) is 2.24. The molecule has 3 nitrogen and oxygen atoms in total. The first-order valence-electron chi connectivity index (χ1n) is 5.19. The van der Waals surface area contributed by atoms with E-state index in [1.807, 2.05) is 31.2 Å². The SMILES string of the molecule is Cc1cccnc1NCc1ccc(O)cc1. The molecule has 0 saturated heterocycles. The molecule has 3 heteroatoms. The van der Waals surface area contributed by atoms with Crippen molar-refractivity contribution in [2.45, 2.75) is 13.5 Å². The lowest BCUT2D eigenvalue weighted by molar-refractivity contribution is 0.475. The fourth-order valence-electron chi connectivity index (χ4n) is 1.47. The summed E-state index contributed by atoms with van der Waals surface area (Å²) in [6, 6.07) is 11.1. The Morgan fingerprint density at radius 3 is 2.62 bits per heavy atom. The molecule has 1 aromatic heterocycles. The lowest BCUT2D eigenvalue weighted by atomic mass is 10.2. The number of aromatic hydroxyl groups is 1. The van der Waals surface area contributed by atoms with E-state index in [4.69, 9.17) is 5.11 Å².